The fraction of sp³-hybridized carbons (Fsp3) is 0.571. The van der Waals surface area contributed by atoms with Gasteiger partial charge in [0.2, 0.25) is 0 Å². The maximum Gasteiger partial charge on any atom is 0.0813 e. The zero-order valence-corrected chi connectivity index (χ0v) is 20.6. The molecule has 1 aliphatic carbocycles. The molecule has 2 aromatic carbocycles. The van der Waals surface area contributed by atoms with E-state index in [1.165, 1.54) is 80.3 Å². The summed E-state index contributed by atoms with van der Waals surface area (Å²) in [7, 11) is 3.78. The molecular formula is C28H41NOS. The number of rotatable bonds is 12. The second-order valence-electron chi connectivity index (χ2n) is 9.23. The molecule has 0 bridgehead atoms. The minimum absolute atomic E-state index is 0.772. The first-order valence-corrected chi connectivity index (χ1v) is 13.0. The smallest absolute Gasteiger partial charge is 0.0813 e. The van der Waals surface area contributed by atoms with Crippen molar-refractivity contribution in [1.29, 1.82) is 0 Å². The maximum absolute atomic E-state index is 5.08. The summed E-state index contributed by atoms with van der Waals surface area (Å²) in [4.78, 5) is 0. The lowest BCUT2D eigenvalue weighted by Crippen LogP contribution is -2.13. The number of unbranched alkanes of at least 4 members (excludes halogenated alkanes) is 2. The van der Waals surface area contributed by atoms with Gasteiger partial charge in [0.05, 0.1) is 19.3 Å². The average Bonchev–Trinajstić information content (AvgIpc) is 2.81. The first kappa shape index (κ1) is 24.4. The summed E-state index contributed by atoms with van der Waals surface area (Å²) in [6.07, 6.45) is 13.5. The summed E-state index contributed by atoms with van der Waals surface area (Å²) in [6.45, 7) is 3.33. The molecule has 1 fully saturated rings. The van der Waals surface area contributed by atoms with E-state index in [0.29, 0.717) is 0 Å². The quantitative estimate of drug-likeness (QED) is 0.187. The fourth-order valence-electron chi connectivity index (χ4n) is 4.95. The standard InChI is InChI=1S/C28H41NOS/c1-4-5-6-8-23-10-14-25(15-11-23)27-18-20-28(21-19-27)26-16-12-24(13-17-26)9-7-22-29(2)31-30-3/h12-13,16-21,23,25H,4-11,14-15,22H2,1-3H3. The number of hydrogen-bond acceptors (Lipinski definition) is 3. The Labute approximate surface area is 195 Å². The zero-order chi connectivity index (χ0) is 21.9. The summed E-state index contributed by atoms with van der Waals surface area (Å²) in [6, 6.07) is 18.5. The Morgan fingerprint density at radius 3 is 2.13 bits per heavy atom. The second-order valence-corrected chi connectivity index (χ2v) is 10.3. The van der Waals surface area contributed by atoms with E-state index in [0.717, 1.165) is 31.2 Å². The molecule has 3 heteroatoms. The van der Waals surface area contributed by atoms with Crippen LogP contribution in [0.4, 0.5) is 0 Å². The molecule has 0 unspecified atom stereocenters. The molecule has 31 heavy (non-hydrogen) atoms. The van der Waals surface area contributed by atoms with Gasteiger partial charge < -0.3 is 4.18 Å². The third kappa shape index (κ3) is 7.97. The van der Waals surface area contributed by atoms with Crippen molar-refractivity contribution in [3.8, 4) is 11.1 Å². The maximum atomic E-state index is 5.08. The minimum Gasteiger partial charge on any atom is -0.304 e. The van der Waals surface area contributed by atoms with Crippen molar-refractivity contribution in [2.24, 2.45) is 5.92 Å². The van der Waals surface area contributed by atoms with Gasteiger partial charge in [0.15, 0.2) is 0 Å². The Morgan fingerprint density at radius 2 is 1.52 bits per heavy atom. The average molecular weight is 440 g/mol. The molecule has 2 nitrogen and oxygen atoms in total. The molecular weight excluding hydrogens is 398 g/mol. The predicted molar refractivity (Wildman–Crippen MR) is 136 cm³/mol. The van der Waals surface area contributed by atoms with Gasteiger partial charge >= 0.3 is 0 Å². The molecule has 1 saturated carbocycles. The number of benzene rings is 2. The van der Waals surface area contributed by atoms with Crippen molar-refractivity contribution in [3.63, 3.8) is 0 Å². The van der Waals surface area contributed by atoms with Gasteiger partial charge in [0.25, 0.3) is 0 Å². The third-order valence-corrected chi connectivity index (χ3v) is 7.46. The van der Waals surface area contributed by atoms with E-state index in [1.807, 2.05) is 0 Å². The van der Waals surface area contributed by atoms with Gasteiger partial charge in [-0.2, -0.15) is 0 Å². The molecule has 0 heterocycles. The highest BCUT2D eigenvalue weighted by molar-refractivity contribution is 7.92. The van der Waals surface area contributed by atoms with Gasteiger partial charge in [-0.05, 0) is 79.7 Å². The summed E-state index contributed by atoms with van der Waals surface area (Å²) < 4.78 is 7.22. The summed E-state index contributed by atoms with van der Waals surface area (Å²) in [5, 5.41) is 0. The molecule has 0 spiro atoms. The van der Waals surface area contributed by atoms with Crippen molar-refractivity contribution in [2.75, 3.05) is 20.7 Å². The van der Waals surface area contributed by atoms with E-state index in [9.17, 15) is 0 Å². The molecule has 0 atom stereocenters. The topological polar surface area (TPSA) is 12.5 Å². The van der Waals surface area contributed by atoms with Crippen molar-refractivity contribution in [3.05, 3.63) is 59.7 Å². The van der Waals surface area contributed by atoms with E-state index in [2.05, 4.69) is 66.8 Å². The second kappa shape index (κ2) is 13.3. The van der Waals surface area contributed by atoms with Crippen molar-refractivity contribution in [2.45, 2.75) is 77.0 Å². The number of hydrogen-bond donors (Lipinski definition) is 0. The van der Waals surface area contributed by atoms with Crippen LogP contribution in [0, 0.1) is 5.92 Å². The van der Waals surface area contributed by atoms with Gasteiger partial charge in [-0.1, -0.05) is 81.1 Å². The summed E-state index contributed by atoms with van der Waals surface area (Å²) >= 11 is 1.41. The molecule has 0 saturated heterocycles. The van der Waals surface area contributed by atoms with Gasteiger partial charge in [-0.3, -0.25) is 0 Å². The highest BCUT2D eigenvalue weighted by Gasteiger charge is 2.22. The van der Waals surface area contributed by atoms with Crippen molar-refractivity contribution < 1.29 is 4.18 Å². The zero-order valence-electron chi connectivity index (χ0n) is 19.8. The van der Waals surface area contributed by atoms with E-state index < -0.39 is 0 Å². The van der Waals surface area contributed by atoms with Crippen LogP contribution in [0.25, 0.3) is 11.1 Å². The Morgan fingerprint density at radius 1 is 0.871 bits per heavy atom. The molecule has 0 aromatic heterocycles. The van der Waals surface area contributed by atoms with Crippen LogP contribution in [0.1, 0.15) is 81.8 Å². The van der Waals surface area contributed by atoms with Crippen molar-refractivity contribution in [1.82, 2.24) is 4.31 Å². The molecule has 170 valence electrons. The van der Waals surface area contributed by atoms with Gasteiger partial charge in [0, 0.05) is 6.54 Å². The first-order chi connectivity index (χ1) is 15.2. The predicted octanol–water partition coefficient (Wildman–Crippen LogP) is 8.28. The number of nitrogens with zero attached hydrogens (tertiary/aromatic N) is 1. The lowest BCUT2D eigenvalue weighted by atomic mass is 9.77. The molecule has 0 N–H and O–H groups in total. The van der Waals surface area contributed by atoms with E-state index in [4.69, 9.17) is 4.18 Å². The summed E-state index contributed by atoms with van der Waals surface area (Å²) in [5.74, 6) is 1.76. The van der Waals surface area contributed by atoms with Crippen molar-refractivity contribution >= 4 is 12.2 Å². The van der Waals surface area contributed by atoms with Crippen LogP contribution in [-0.2, 0) is 10.6 Å². The molecule has 0 amide bonds. The molecule has 3 rings (SSSR count). The van der Waals surface area contributed by atoms with Crippen LogP contribution in [-0.4, -0.2) is 25.0 Å². The normalized spacial score (nSPS) is 19.1. The minimum atomic E-state index is 0.772. The van der Waals surface area contributed by atoms with Crippen LogP contribution in [0.5, 0.6) is 0 Å². The Balaban J connectivity index is 1.47. The highest BCUT2D eigenvalue weighted by atomic mass is 32.2. The first-order valence-electron chi connectivity index (χ1n) is 12.3. The molecule has 0 radical (unpaired) electrons. The number of aryl methyl sites for hydroxylation is 1. The monoisotopic (exact) mass is 439 g/mol. The van der Waals surface area contributed by atoms with Gasteiger partial charge in [-0.15, -0.1) is 0 Å². The van der Waals surface area contributed by atoms with E-state index >= 15 is 0 Å². The lowest BCUT2D eigenvalue weighted by Gasteiger charge is -2.29. The lowest BCUT2D eigenvalue weighted by molar-refractivity contribution is 0.303. The van der Waals surface area contributed by atoms with Crippen LogP contribution in [0.2, 0.25) is 0 Å². The van der Waals surface area contributed by atoms with E-state index in [1.54, 1.807) is 12.7 Å². The SMILES string of the molecule is CCCCCC1CCC(c2ccc(-c3ccc(CCCN(C)SOC)cc3)cc2)CC1. The molecule has 0 aliphatic heterocycles. The fourth-order valence-corrected chi connectivity index (χ4v) is 5.41. The van der Waals surface area contributed by atoms with Crippen LogP contribution >= 0.6 is 12.2 Å². The third-order valence-electron chi connectivity index (χ3n) is 6.87. The summed E-state index contributed by atoms with van der Waals surface area (Å²) in [5.41, 5.74) is 5.61. The van der Waals surface area contributed by atoms with E-state index in [-0.39, 0.29) is 0 Å². The Bertz CT molecular complexity index is 735. The Kier molecular flexibility index (Phi) is 10.5. The Hall–Kier alpha value is -1.29. The van der Waals surface area contributed by atoms with Crippen LogP contribution < -0.4 is 0 Å². The van der Waals surface area contributed by atoms with Crippen LogP contribution in [0.3, 0.4) is 0 Å². The largest absolute Gasteiger partial charge is 0.304 e. The molecule has 2 aromatic rings. The highest BCUT2D eigenvalue weighted by Crippen LogP contribution is 2.38. The van der Waals surface area contributed by atoms with Crippen LogP contribution in [0.15, 0.2) is 48.5 Å². The molecule has 1 aliphatic rings. The van der Waals surface area contributed by atoms with Gasteiger partial charge in [-0.25, -0.2) is 4.31 Å². The van der Waals surface area contributed by atoms with Gasteiger partial charge in [0.1, 0.15) is 0 Å².